The molecule has 3 nitrogen and oxygen atoms in total. The SMILES string of the molecule is CNC(=O)C1(c2ccccc2)N[C]=CS1. The largest absolute Gasteiger partial charge is 0.357 e. The molecule has 0 fully saturated rings. The molecule has 1 aromatic carbocycles. The van der Waals surface area contributed by atoms with Gasteiger partial charge in [-0.05, 0) is 11.0 Å². The Labute approximate surface area is 92.9 Å². The van der Waals surface area contributed by atoms with E-state index in [2.05, 4.69) is 16.8 Å². The maximum atomic E-state index is 11.9. The molecule has 4 heteroatoms. The van der Waals surface area contributed by atoms with E-state index in [1.807, 2.05) is 30.3 Å². The van der Waals surface area contributed by atoms with Gasteiger partial charge in [-0.15, -0.1) is 0 Å². The Morgan fingerprint density at radius 1 is 1.47 bits per heavy atom. The number of benzene rings is 1. The number of hydrogen-bond donors (Lipinski definition) is 2. The van der Waals surface area contributed by atoms with Crippen molar-refractivity contribution in [2.75, 3.05) is 7.05 Å². The Hall–Kier alpha value is -1.42. The van der Waals surface area contributed by atoms with Gasteiger partial charge in [-0.2, -0.15) is 0 Å². The van der Waals surface area contributed by atoms with Crippen LogP contribution < -0.4 is 10.6 Å². The van der Waals surface area contributed by atoms with Crippen molar-refractivity contribution in [2.45, 2.75) is 4.87 Å². The first kappa shape index (κ1) is 10.1. The molecule has 0 saturated heterocycles. The third kappa shape index (κ3) is 1.61. The topological polar surface area (TPSA) is 41.1 Å². The van der Waals surface area contributed by atoms with Gasteiger partial charge in [0.15, 0.2) is 4.87 Å². The minimum Gasteiger partial charge on any atom is -0.357 e. The second-order valence-corrected chi connectivity index (χ2v) is 4.22. The Morgan fingerprint density at radius 2 is 2.20 bits per heavy atom. The van der Waals surface area contributed by atoms with Crippen LogP contribution in [0.15, 0.2) is 35.7 Å². The summed E-state index contributed by atoms with van der Waals surface area (Å²) in [5.41, 5.74) is 0.926. The zero-order valence-electron chi connectivity index (χ0n) is 8.28. The smallest absolute Gasteiger partial charge is 0.261 e. The fourth-order valence-electron chi connectivity index (χ4n) is 1.51. The predicted molar refractivity (Wildman–Crippen MR) is 60.7 cm³/mol. The highest BCUT2D eigenvalue weighted by molar-refractivity contribution is 8.03. The molecule has 15 heavy (non-hydrogen) atoms. The van der Waals surface area contributed by atoms with Crippen molar-refractivity contribution in [3.8, 4) is 0 Å². The molecule has 1 unspecified atom stereocenters. The first-order valence-corrected chi connectivity index (χ1v) is 5.47. The third-order valence-electron chi connectivity index (χ3n) is 2.27. The molecule has 0 aliphatic carbocycles. The van der Waals surface area contributed by atoms with Crippen molar-refractivity contribution in [3.63, 3.8) is 0 Å². The Bertz CT molecular complexity index is 381. The number of carbonyl (C=O) groups excluding carboxylic acids is 1. The van der Waals surface area contributed by atoms with Crippen LogP contribution in [0.4, 0.5) is 0 Å². The summed E-state index contributed by atoms with van der Waals surface area (Å²) in [5.74, 6) is -0.0695. The standard InChI is InChI=1S/C11H11N2OS/c1-12-10(14)11(13-7-8-15-11)9-5-3-2-4-6-9/h2-6,8,13H,1H3,(H,12,14). The molecule has 77 valence electrons. The molecule has 1 amide bonds. The van der Waals surface area contributed by atoms with Crippen molar-refractivity contribution >= 4 is 17.7 Å². The van der Waals surface area contributed by atoms with Crippen molar-refractivity contribution in [3.05, 3.63) is 47.5 Å². The fraction of sp³-hybridized carbons (Fsp3) is 0.182. The van der Waals surface area contributed by atoms with Crippen LogP contribution in [0.25, 0.3) is 0 Å². The van der Waals surface area contributed by atoms with Crippen molar-refractivity contribution in [1.82, 2.24) is 10.6 Å². The number of hydrogen-bond acceptors (Lipinski definition) is 3. The van der Waals surface area contributed by atoms with Crippen LogP contribution in [0.1, 0.15) is 5.56 Å². The zero-order chi connectivity index (χ0) is 10.7. The number of rotatable bonds is 2. The van der Waals surface area contributed by atoms with E-state index in [1.165, 1.54) is 11.8 Å². The summed E-state index contributed by atoms with van der Waals surface area (Å²) >= 11 is 1.42. The number of likely N-dealkylation sites (N-methyl/N-ethyl adjacent to an activating group) is 1. The molecule has 1 atom stereocenters. The molecule has 1 radical (unpaired) electrons. The molecule has 0 aromatic heterocycles. The van der Waals surface area contributed by atoms with E-state index >= 15 is 0 Å². The monoisotopic (exact) mass is 219 g/mol. The van der Waals surface area contributed by atoms with Crippen LogP contribution in [-0.4, -0.2) is 13.0 Å². The Morgan fingerprint density at radius 3 is 2.73 bits per heavy atom. The minimum absolute atomic E-state index is 0.0695. The quantitative estimate of drug-likeness (QED) is 0.785. The van der Waals surface area contributed by atoms with E-state index in [-0.39, 0.29) is 5.91 Å². The Balaban J connectivity index is 2.40. The lowest BCUT2D eigenvalue weighted by molar-refractivity contribution is -0.123. The van der Waals surface area contributed by atoms with Gasteiger partial charge in [-0.1, -0.05) is 42.1 Å². The first-order valence-electron chi connectivity index (χ1n) is 4.59. The lowest BCUT2D eigenvalue weighted by atomic mass is 10.1. The van der Waals surface area contributed by atoms with Crippen molar-refractivity contribution in [1.29, 1.82) is 0 Å². The maximum absolute atomic E-state index is 11.9. The molecular formula is C11H11N2OS. The van der Waals surface area contributed by atoms with Crippen LogP contribution in [0.2, 0.25) is 0 Å². The predicted octanol–water partition coefficient (Wildman–Crippen LogP) is 1.20. The molecule has 0 spiro atoms. The highest BCUT2D eigenvalue weighted by Gasteiger charge is 2.41. The van der Waals surface area contributed by atoms with Crippen molar-refractivity contribution < 1.29 is 4.79 Å². The van der Waals surface area contributed by atoms with Crippen LogP contribution in [-0.2, 0) is 9.67 Å². The van der Waals surface area contributed by atoms with Gasteiger partial charge in [-0.25, -0.2) is 0 Å². The van der Waals surface area contributed by atoms with Crippen LogP contribution in [0.5, 0.6) is 0 Å². The second-order valence-electron chi connectivity index (χ2n) is 3.13. The number of nitrogens with one attached hydrogen (secondary N) is 2. The molecule has 1 aliphatic rings. The van der Waals surface area contributed by atoms with Gasteiger partial charge in [0.05, 0.1) is 6.20 Å². The summed E-state index contributed by atoms with van der Waals surface area (Å²) in [6, 6.07) is 9.62. The number of amides is 1. The average Bonchev–Trinajstić information content (AvgIpc) is 2.79. The molecule has 0 bridgehead atoms. The van der Waals surface area contributed by atoms with E-state index in [0.717, 1.165) is 5.56 Å². The van der Waals surface area contributed by atoms with Gasteiger partial charge in [0, 0.05) is 7.05 Å². The summed E-state index contributed by atoms with van der Waals surface area (Å²) in [6.45, 7) is 0. The molecule has 1 heterocycles. The maximum Gasteiger partial charge on any atom is 0.261 e. The average molecular weight is 219 g/mol. The highest BCUT2D eigenvalue weighted by Crippen LogP contribution is 2.38. The number of carbonyl (C=O) groups is 1. The third-order valence-corrected chi connectivity index (χ3v) is 3.38. The van der Waals surface area contributed by atoms with Gasteiger partial charge in [0.25, 0.3) is 5.91 Å². The highest BCUT2D eigenvalue weighted by atomic mass is 32.2. The van der Waals surface area contributed by atoms with E-state index < -0.39 is 4.87 Å². The molecule has 2 rings (SSSR count). The summed E-state index contributed by atoms with van der Waals surface area (Å²) < 4.78 is 0. The van der Waals surface area contributed by atoms with Crippen LogP contribution in [0.3, 0.4) is 0 Å². The lowest BCUT2D eigenvalue weighted by Gasteiger charge is -2.27. The van der Waals surface area contributed by atoms with Crippen LogP contribution in [0, 0.1) is 6.20 Å². The van der Waals surface area contributed by atoms with Gasteiger partial charge >= 0.3 is 0 Å². The van der Waals surface area contributed by atoms with Crippen LogP contribution >= 0.6 is 11.8 Å². The molecule has 1 aromatic rings. The zero-order valence-corrected chi connectivity index (χ0v) is 9.10. The lowest BCUT2D eigenvalue weighted by Crippen LogP contribution is -2.47. The summed E-state index contributed by atoms with van der Waals surface area (Å²) in [5, 5.41) is 7.41. The summed E-state index contributed by atoms with van der Waals surface area (Å²) in [4.78, 5) is 11.1. The van der Waals surface area contributed by atoms with Gasteiger partial charge in [-0.3, -0.25) is 4.79 Å². The van der Waals surface area contributed by atoms with E-state index in [4.69, 9.17) is 0 Å². The van der Waals surface area contributed by atoms with E-state index in [9.17, 15) is 4.79 Å². The Kier molecular flexibility index (Phi) is 2.68. The first-order chi connectivity index (χ1) is 7.29. The fourth-order valence-corrected chi connectivity index (χ4v) is 2.40. The molecule has 1 aliphatic heterocycles. The summed E-state index contributed by atoms with van der Waals surface area (Å²) in [6.07, 6.45) is 2.85. The molecule has 0 saturated carbocycles. The van der Waals surface area contributed by atoms with Gasteiger partial charge < -0.3 is 10.6 Å². The van der Waals surface area contributed by atoms with Gasteiger partial charge in [0.2, 0.25) is 0 Å². The number of thioether (sulfide) groups is 1. The summed E-state index contributed by atoms with van der Waals surface area (Å²) in [7, 11) is 1.63. The van der Waals surface area contributed by atoms with E-state index in [1.54, 1.807) is 12.5 Å². The minimum atomic E-state index is -0.754. The normalized spacial score (nSPS) is 23.5. The second kappa shape index (κ2) is 3.98. The van der Waals surface area contributed by atoms with E-state index in [0.29, 0.717) is 0 Å². The van der Waals surface area contributed by atoms with Gasteiger partial charge in [0.1, 0.15) is 0 Å². The molecular weight excluding hydrogens is 208 g/mol. The van der Waals surface area contributed by atoms with Crippen molar-refractivity contribution in [2.24, 2.45) is 0 Å². The molecule has 2 N–H and O–H groups in total.